The summed E-state index contributed by atoms with van der Waals surface area (Å²) in [4.78, 5) is 0. The topological polar surface area (TPSA) is 32.3 Å². The Balaban J connectivity index is 1.89. The summed E-state index contributed by atoms with van der Waals surface area (Å²) in [6, 6.07) is 16.5. The van der Waals surface area contributed by atoms with Gasteiger partial charge in [0, 0.05) is 16.2 Å². The van der Waals surface area contributed by atoms with Gasteiger partial charge in [-0.1, -0.05) is 29.8 Å². The van der Waals surface area contributed by atoms with E-state index >= 15 is 0 Å². The molecule has 2 nitrogen and oxygen atoms in total. The molecule has 0 radical (unpaired) electrons. The molecule has 1 unspecified atom stereocenters. The van der Waals surface area contributed by atoms with E-state index in [1.54, 1.807) is 12.1 Å². The fraction of sp³-hybridized carbons (Fsp3) is 0.222. The fourth-order valence-corrected chi connectivity index (χ4v) is 3.36. The molecule has 0 spiro atoms. The average Bonchev–Trinajstić information content (AvgIpc) is 2.49. The molecule has 1 aliphatic rings. The van der Waals surface area contributed by atoms with E-state index in [1.165, 1.54) is 25.8 Å². The Labute approximate surface area is 139 Å². The van der Waals surface area contributed by atoms with Crippen molar-refractivity contribution in [3.8, 4) is 5.75 Å². The van der Waals surface area contributed by atoms with Crippen molar-refractivity contribution in [2.75, 3.05) is 6.54 Å². The molecular formula is C18H18INO. The van der Waals surface area contributed by atoms with Gasteiger partial charge >= 0.3 is 0 Å². The molecule has 0 bridgehead atoms. The van der Waals surface area contributed by atoms with Crippen molar-refractivity contribution in [3.63, 3.8) is 0 Å². The molecule has 2 N–H and O–H groups in total. The van der Waals surface area contributed by atoms with Gasteiger partial charge in [0.25, 0.3) is 0 Å². The van der Waals surface area contributed by atoms with Crippen LogP contribution in [0.4, 0.5) is 0 Å². The number of hydrogen-bond donors (Lipinski definition) is 2. The maximum Gasteiger partial charge on any atom is 0.115 e. The Hall–Kier alpha value is -1.33. The number of phenols is 1. The van der Waals surface area contributed by atoms with Gasteiger partial charge in [0.2, 0.25) is 0 Å². The molecule has 21 heavy (non-hydrogen) atoms. The van der Waals surface area contributed by atoms with E-state index in [0.717, 1.165) is 13.0 Å². The zero-order valence-corrected chi connectivity index (χ0v) is 14.1. The molecule has 3 heteroatoms. The van der Waals surface area contributed by atoms with E-state index in [9.17, 15) is 5.11 Å². The van der Waals surface area contributed by atoms with E-state index in [2.05, 4.69) is 59.1 Å². The molecule has 1 heterocycles. The second-order valence-electron chi connectivity index (χ2n) is 5.50. The van der Waals surface area contributed by atoms with E-state index in [4.69, 9.17) is 0 Å². The normalized spacial score (nSPS) is 18.9. The molecule has 2 aromatic carbocycles. The molecule has 0 saturated heterocycles. The summed E-state index contributed by atoms with van der Waals surface area (Å²) < 4.78 is 1.27. The summed E-state index contributed by atoms with van der Waals surface area (Å²) in [5.41, 5.74) is 5.39. The van der Waals surface area contributed by atoms with Gasteiger partial charge in [-0.2, -0.15) is 0 Å². The maximum atomic E-state index is 9.43. The lowest BCUT2D eigenvalue weighted by Crippen LogP contribution is -2.28. The highest BCUT2D eigenvalue weighted by Gasteiger charge is 2.20. The number of aromatic hydroxyl groups is 1. The largest absolute Gasteiger partial charge is 0.508 e. The molecule has 0 saturated carbocycles. The van der Waals surface area contributed by atoms with Crippen molar-refractivity contribution in [2.24, 2.45) is 0 Å². The van der Waals surface area contributed by atoms with Crippen LogP contribution in [-0.2, 0) is 0 Å². The Morgan fingerprint density at radius 3 is 2.62 bits per heavy atom. The Morgan fingerprint density at radius 2 is 1.90 bits per heavy atom. The van der Waals surface area contributed by atoms with E-state index in [-0.39, 0.29) is 0 Å². The van der Waals surface area contributed by atoms with Crippen LogP contribution in [0.3, 0.4) is 0 Å². The first-order valence-corrected chi connectivity index (χ1v) is 8.18. The van der Waals surface area contributed by atoms with Crippen molar-refractivity contribution >= 4 is 28.2 Å². The van der Waals surface area contributed by atoms with Crippen LogP contribution in [0.2, 0.25) is 0 Å². The van der Waals surface area contributed by atoms with E-state index in [0.29, 0.717) is 11.8 Å². The van der Waals surface area contributed by atoms with Gasteiger partial charge in [-0.3, -0.25) is 0 Å². The summed E-state index contributed by atoms with van der Waals surface area (Å²) in [6.07, 6.45) is 0.983. The van der Waals surface area contributed by atoms with Crippen LogP contribution in [0.15, 0.2) is 54.1 Å². The third-order valence-electron chi connectivity index (χ3n) is 4.01. The van der Waals surface area contributed by atoms with Gasteiger partial charge in [-0.05, 0) is 76.9 Å². The number of nitrogens with one attached hydrogen (secondary N) is 1. The molecule has 1 atom stereocenters. The van der Waals surface area contributed by atoms with E-state index in [1.807, 2.05) is 12.1 Å². The average molecular weight is 391 g/mol. The van der Waals surface area contributed by atoms with Crippen LogP contribution in [0.5, 0.6) is 5.75 Å². The standard InChI is InChI=1S/C18H18INO/c1-12-11-20-18(13-5-7-16(21)8-6-13)10-17(12)14-3-2-4-15(19)9-14/h2-9,18,20-21H,10-11H2,1H3. The molecule has 1 aliphatic heterocycles. The number of benzene rings is 2. The molecule has 0 aromatic heterocycles. The van der Waals surface area contributed by atoms with Gasteiger partial charge in [-0.25, -0.2) is 0 Å². The SMILES string of the molecule is CC1=C(c2cccc(I)c2)CC(c2ccc(O)cc2)NC1. The summed E-state index contributed by atoms with van der Waals surface area (Å²) in [7, 11) is 0. The smallest absolute Gasteiger partial charge is 0.115 e. The maximum absolute atomic E-state index is 9.43. The van der Waals surface area contributed by atoms with Crippen LogP contribution < -0.4 is 5.32 Å². The monoisotopic (exact) mass is 391 g/mol. The zero-order valence-electron chi connectivity index (χ0n) is 11.9. The number of phenolic OH excluding ortho intramolecular Hbond substituents is 1. The van der Waals surface area contributed by atoms with Crippen molar-refractivity contribution in [1.82, 2.24) is 5.32 Å². The molecule has 108 valence electrons. The van der Waals surface area contributed by atoms with Gasteiger partial charge < -0.3 is 10.4 Å². The first-order chi connectivity index (χ1) is 10.1. The molecule has 0 fully saturated rings. The number of hydrogen-bond acceptors (Lipinski definition) is 2. The number of halogens is 1. The third-order valence-corrected chi connectivity index (χ3v) is 4.68. The van der Waals surface area contributed by atoms with Crippen LogP contribution in [0.25, 0.3) is 5.57 Å². The van der Waals surface area contributed by atoms with Crippen LogP contribution in [-0.4, -0.2) is 11.7 Å². The van der Waals surface area contributed by atoms with Gasteiger partial charge in [-0.15, -0.1) is 0 Å². The van der Waals surface area contributed by atoms with Gasteiger partial charge in [0.1, 0.15) is 5.75 Å². The highest BCUT2D eigenvalue weighted by Crippen LogP contribution is 2.34. The highest BCUT2D eigenvalue weighted by molar-refractivity contribution is 14.1. The predicted molar refractivity (Wildman–Crippen MR) is 95.2 cm³/mol. The highest BCUT2D eigenvalue weighted by atomic mass is 127. The van der Waals surface area contributed by atoms with Gasteiger partial charge in [0.15, 0.2) is 0 Å². The molecule has 2 aromatic rings. The molecule has 0 aliphatic carbocycles. The van der Waals surface area contributed by atoms with Crippen LogP contribution >= 0.6 is 22.6 Å². The first kappa shape index (κ1) is 14.6. The third kappa shape index (κ3) is 3.30. The lowest BCUT2D eigenvalue weighted by atomic mass is 9.88. The van der Waals surface area contributed by atoms with Crippen molar-refractivity contribution in [1.29, 1.82) is 0 Å². The second kappa shape index (κ2) is 6.20. The van der Waals surface area contributed by atoms with Crippen LogP contribution in [0.1, 0.15) is 30.5 Å². The van der Waals surface area contributed by atoms with Crippen LogP contribution in [0, 0.1) is 3.57 Å². The fourth-order valence-electron chi connectivity index (χ4n) is 2.82. The minimum absolute atomic E-state index is 0.308. The Kier molecular flexibility index (Phi) is 4.31. The predicted octanol–water partition coefficient (Wildman–Crippen LogP) is 4.50. The van der Waals surface area contributed by atoms with Crippen molar-refractivity contribution in [2.45, 2.75) is 19.4 Å². The van der Waals surface area contributed by atoms with Gasteiger partial charge in [0.05, 0.1) is 0 Å². The summed E-state index contributed by atoms with van der Waals surface area (Å²) in [5, 5.41) is 13.0. The minimum Gasteiger partial charge on any atom is -0.508 e. The van der Waals surface area contributed by atoms with E-state index < -0.39 is 0 Å². The first-order valence-electron chi connectivity index (χ1n) is 7.10. The minimum atomic E-state index is 0.308. The summed E-state index contributed by atoms with van der Waals surface area (Å²) in [6.45, 7) is 3.11. The number of rotatable bonds is 2. The molecular weight excluding hydrogens is 373 g/mol. The second-order valence-corrected chi connectivity index (χ2v) is 6.74. The molecule has 0 amide bonds. The lowest BCUT2D eigenvalue weighted by molar-refractivity contribution is 0.474. The molecule has 3 rings (SSSR count). The lowest BCUT2D eigenvalue weighted by Gasteiger charge is -2.28. The quantitative estimate of drug-likeness (QED) is 0.739. The zero-order chi connectivity index (χ0) is 14.8. The summed E-state index contributed by atoms with van der Waals surface area (Å²) in [5.74, 6) is 0.319. The Morgan fingerprint density at radius 1 is 1.14 bits per heavy atom. The van der Waals surface area contributed by atoms with Crippen molar-refractivity contribution < 1.29 is 5.11 Å². The Bertz CT molecular complexity index is 676. The summed E-state index contributed by atoms with van der Waals surface area (Å²) >= 11 is 2.36. The van der Waals surface area contributed by atoms with Crippen molar-refractivity contribution in [3.05, 3.63) is 68.8 Å².